The van der Waals surface area contributed by atoms with Gasteiger partial charge in [0.2, 0.25) is 0 Å². The van der Waals surface area contributed by atoms with Crippen LogP contribution in [0.4, 0.5) is 0 Å². The highest BCUT2D eigenvalue weighted by Crippen LogP contribution is 2.10. The van der Waals surface area contributed by atoms with Crippen molar-refractivity contribution in [2.24, 2.45) is 0 Å². The summed E-state index contributed by atoms with van der Waals surface area (Å²) in [5.41, 5.74) is -0.665. The third-order valence-electron chi connectivity index (χ3n) is 2.06. The highest BCUT2D eigenvalue weighted by Gasteiger charge is 2.27. The summed E-state index contributed by atoms with van der Waals surface area (Å²) in [6.07, 6.45) is 1.19. The van der Waals surface area contributed by atoms with Crippen LogP contribution in [0, 0.1) is 6.92 Å². The first-order valence-electron chi connectivity index (χ1n) is 5.78. The molecule has 0 aliphatic carbocycles. The van der Waals surface area contributed by atoms with Crippen molar-refractivity contribution >= 4 is 16.0 Å². The standard InChI is InChI=1S/C11H19N3O4S/c1-7(10(15)18-11(3,4)5)14-19(16,17)9-6-12-8(2)13-9/h6-7,14H,1-5H3,(H,12,13)/t7-/m1/s1. The number of nitrogens with one attached hydrogen (secondary N) is 2. The first-order chi connectivity index (χ1) is 8.51. The summed E-state index contributed by atoms with van der Waals surface area (Å²) in [5, 5.41) is -0.0830. The van der Waals surface area contributed by atoms with Crippen LogP contribution in [0.1, 0.15) is 33.5 Å². The number of rotatable bonds is 4. The van der Waals surface area contributed by atoms with E-state index in [1.165, 1.54) is 13.1 Å². The van der Waals surface area contributed by atoms with Gasteiger partial charge in [0, 0.05) is 0 Å². The Balaban J connectivity index is 2.76. The molecule has 7 nitrogen and oxygen atoms in total. The zero-order chi connectivity index (χ0) is 14.8. The van der Waals surface area contributed by atoms with Gasteiger partial charge in [-0.2, -0.15) is 4.72 Å². The summed E-state index contributed by atoms with van der Waals surface area (Å²) in [6.45, 7) is 8.20. The van der Waals surface area contributed by atoms with Crippen molar-refractivity contribution in [2.75, 3.05) is 0 Å². The van der Waals surface area contributed by atoms with E-state index in [4.69, 9.17) is 4.74 Å². The van der Waals surface area contributed by atoms with Gasteiger partial charge in [-0.25, -0.2) is 13.4 Å². The number of nitrogens with zero attached hydrogens (tertiary/aromatic N) is 1. The first kappa shape index (κ1) is 15.6. The molecule has 0 spiro atoms. The average molecular weight is 289 g/mol. The SMILES string of the molecule is Cc1ncc(S(=O)(=O)N[C@H](C)C(=O)OC(C)(C)C)[nH]1. The molecule has 0 saturated heterocycles. The number of imidazole rings is 1. The molecule has 0 radical (unpaired) electrons. The van der Waals surface area contributed by atoms with Crippen LogP contribution < -0.4 is 4.72 Å². The molecule has 19 heavy (non-hydrogen) atoms. The number of hydrogen-bond donors (Lipinski definition) is 2. The molecule has 0 amide bonds. The predicted octanol–water partition coefficient (Wildman–Crippen LogP) is 0.727. The van der Waals surface area contributed by atoms with Gasteiger partial charge in [0.05, 0.1) is 6.20 Å². The van der Waals surface area contributed by atoms with Crippen molar-refractivity contribution in [1.29, 1.82) is 0 Å². The molecule has 1 aromatic heterocycles. The highest BCUT2D eigenvalue weighted by atomic mass is 32.2. The monoisotopic (exact) mass is 289 g/mol. The van der Waals surface area contributed by atoms with Crippen LogP contribution in [0.3, 0.4) is 0 Å². The minimum Gasteiger partial charge on any atom is -0.459 e. The lowest BCUT2D eigenvalue weighted by atomic mass is 10.2. The number of ether oxygens (including phenoxy) is 1. The second-order valence-electron chi connectivity index (χ2n) is 5.21. The van der Waals surface area contributed by atoms with Gasteiger partial charge in [-0.15, -0.1) is 0 Å². The number of esters is 1. The van der Waals surface area contributed by atoms with Crippen molar-refractivity contribution in [2.45, 2.75) is 51.3 Å². The molecular weight excluding hydrogens is 270 g/mol. The van der Waals surface area contributed by atoms with Crippen LogP contribution in [0.5, 0.6) is 0 Å². The molecule has 8 heteroatoms. The molecule has 2 N–H and O–H groups in total. The zero-order valence-corrected chi connectivity index (χ0v) is 12.5. The van der Waals surface area contributed by atoms with Crippen molar-refractivity contribution in [3.05, 3.63) is 12.0 Å². The molecule has 1 atom stereocenters. The van der Waals surface area contributed by atoms with Gasteiger partial charge in [0.15, 0.2) is 5.03 Å². The highest BCUT2D eigenvalue weighted by molar-refractivity contribution is 7.89. The fourth-order valence-corrected chi connectivity index (χ4v) is 2.43. The third kappa shape index (κ3) is 4.64. The molecule has 0 aliphatic rings. The second-order valence-corrected chi connectivity index (χ2v) is 6.89. The van der Waals surface area contributed by atoms with Gasteiger partial charge in [0.25, 0.3) is 10.0 Å². The lowest BCUT2D eigenvalue weighted by Gasteiger charge is -2.22. The fraction of sp³-hybridized carbons (Fsp3) is 0.636. The Bertz CT molecular complexity index is 557. The quantitative estimate of drug-likeness (QED) is 0.796. The topological polar surface area (TPSA) is 101 Å². The maximum Gasteiger partial charge on any atom is 0.324 e. The summed E-state index contributed by atoms with van der Waals surface area (Å²) < 4.78 is 31.2. The lowest BCUT2D eigenvalue weighted by Crippen LogP contribution is -2.42. The predicted molar refractivity (Wildman–Crippen MR) is 69.0 cm³/mol. The Morgan fingerprint density at radius 2 is 2.05 bits per heavy atom. The number of aromatic amines is 1. The van der Waals surface area contributed by atoms with E-state index in [9.17, 15) is 13.2 Å². The van der Waals surface area contributed by atoms with Gasteiger partial charge in [-0.05, 0) is 34.6 Å². The number of carbonyl (C=O) groups is 1. The molecule has 0 aliphatic heterocycles. The molecule has 0 bridgehead atoms. The molecule has 1 aromatic rings. The zero-order valence-electron chi connectivity index (χ0n) is 11.6. The Hall–Kier alpha value is -1.41. The minimum atomic E-state index is -3.81. The number of H-pyrrole nitrogens is 1. The second kappa shape index (κ2) is 5.30. The van der Waals surface area contributed by atoms with Crippen molar-refractivity contribution in [3.63, 3.8) is 0 Å². The normalized spacial score (nSPS) is 14.2. The maximum atomic E-state index is 11.9. The summed E-state index contributed by atoms with van der Waals surface area (Å²) in [4.78, 5) is 18.1. The van der Waals surface area contributed by atoms with E-state index in [0.29, 0.717) is 5.82 Å². The van der Waals surface area contributed by atoms with Crippen LogP contribution in [0.25, 0.3) is 0 Å². The molecule has 1 rings (SSSR count). The Kier molecular flexibility index (Phi) is 4.36. The molecule has 108 valence electrons. The van der Waals surface area contributed by atoms with Crippen LogP contribution in [0.2, 0.25) is 0 Å². The number of aryl methyl sites for hydroxylation is 1. The number of hydrogen-bond acceptors (Lipinski definition) is 5. The molecule has 0 aromatic carbocycles. The van der Waals surface area contributed by atoms with E-state index in [0.717, 1.165) is 0 Å². The number of aromatic nitrogens is 2. The summed E-state index contributed by atoms with van der Waals surface area (Å²) in [5.74, 6) is -0.155. The number of sulfonamides is 1. The Morgan fingerprint density at radius 3 is 2.47 bits per heavy atom. The largest absolute Gasteiger partial charge is 0.459 e. The molecule has 1 heterocycles. The molecule has 0 unspecified atom stereocenters. The van der Waals surface area contributed by atoms with E-state index in [-0.39, 0.29) is 5.03 Å². The van der Waals surface area contributed by atoms with E-state index < -0.39 is 27.6 Å². The summed E-state index contributed by atoms with van der Waals surface area (Å²) in [6, 6.07) is -0.979. The third-order valence-corrected chi connectivity index (χ3v) is 3.51. The van der Waals surface area contributed by atoms with Gasteiger partial charge >= 0.3 is 5.97 Å². The van der Waals surface area contributed by atoms with Crippen molar-refractivity contribution < 1.29 is 17.9 Å². The van der Waals surface area contributed by atoms with E-state index in [1.807, 2.05) is 0 Å². The van der Waals surface area contributed by atoms with Crippen molar-refractivity contribution in [3.8, 4) is 0 Å². The van der Waals surface area contributed by atoms with Gasteiger partial charge < -0.3 is 9.72 Å². The van der Waals surface area contributed by atoms with Crippen LogP contribution in [0.15, 0.2) is 11.2 Å². The number of carbonyl (C=O) groups excluding carboxylic acids is 1. The van der Waals surface area contributed by atoms with E-state index >= 15 is 0 Å². The molecular formula is C11H19N3O4S. The first-order valence-corrected chi connectivity index (χ1v) is 7.26. The van der Waals surface area contributed by atoms with Crippen LogP contribution >= 0.6 is 0 Å². The fourth-order valence-electron chi connectivity index (χ4n) is 1.27. The Morgan fingerprint density at radius 1 is 1.47 bits per heavy atom. The van der Waals surface area contributed by atoms with Gasteiger partial charge in [0.1, 0.15) is 17.5 Å². The smallest absolute Gasteiger partial charge is 0.324 e. The minimum absolute atomic E-state index is 0.0830. The van der Waals surface area contributed by atoms with E-state index in [2.05, 4.69) is 14.7 Å². The average Bonchev–Trinajstić information content (AvgIpc) is 2.62. The summed E-state index contributed by atoms with van der Waals surface area (Å²) in [7, 11) is -3.81. The Labute approximate surface area is 112 Å². The van der Waals surface area contributed by atoms with E-state index in [1.54, 1.807) is 27.7 Å². The summed E-state index contributed by atoms with van der Waals surface area (Å²) >= 11 is 0. The van der Waals surface area contributed by atoms with Gasteiger partial charge in [-0.3, -0.25) is 4.79 Å². The van der Waals surface area contributed by atoms with Crippen LogP contribution in [-0.2, 0) is 19.6 Å². The lowest BCUT2D eigenvalue weighted by molar-refractivity contribution is -0.156. The maximum absolute atomic E-state index is 11.9. The molecule has 0 fully saturated rings. The van der Waals surface area contributed by atoms with Crippen molar-refractivity contribution in [1.82, 2.24) is 14.7 Å². The molecule has 0 saturated carbocycles. The van der Waals surface area contributed by atoms with Crippen LogP contribution in [-0.4, -0.2) is 36.0 Å². The van der Waals surface area contributed by atoms with Gasteiger partial charge in [-0.1, -0.05) is 0 Å².